The van der Waals surface area contributed by atoms with E-state index >= 15 is 0 Å². The van der Waals surface area contributed by atoms with Crippen molar-refractivity contribution in [2.24, 2.45) is 11.8 Å². The number of aliphatic hydroxyl groups is 1. The van der Waals surface area contributed by atoms with Gasteiger partial charge in [0.2, 0.25) is 0 Å². The van der Waals surface area contributed by atoms with Gasteiger partial charge in [-0.15, -0.1) is 0 Å². The number of piperidine rings is 2. The lowest BCUT2D eigenvalue weighted by Gasteiger charge is -2.40. The molecule has 0 aliphatic carbocycles. The van der Waals surface area contributed by atoms with Gasteiger partial charge in [0, 0.05) is 19.6 Å². The third kappa shape index (κ3) is 4.09. The summed E-state index contributed by atoms with van der Waals surface area (Å²) >= 11 is 0. The maximum atomic E-state index is 12.0. The maximum Gasteiger partial charge on any atom is 0.410 e. The molecule has 0 aromatic rings. The Hall–Kier alpha value is -0.810. The number of carbonyl (C=O) groups excluding carboxylic acids is 1. The summed E-state index contributed by atoms with van der Waals surface area (Å²) in [6.45, 7) is 8.87. The van der Waals surface area contributed by atoms with E-state index in [-0.39, 0.29) is 12.2 Å². The summed E-state index contributed by atoms with van der Waals surface area (Å²) in [7, 11) is 0. The fraction of sp³-hybridized carbons (Fsp3) is 0.933. The second-order valence-corrected chi connectivity index (χ2v) is 7.03. The number of amides is 1. The molecule has 2 rings (SSSR count). The Morgan fingerprint density at radius 2 is 1.90 bits per heavy atom. The number of aliphatic hydroxyl groups excluding tert-OH is 1. The van der Waals surface area contributed by atoms with Gasteiger partial charge in [-0.25, -0.2) is 4.79 Å². The molecule has 1 amide bonds. The third-order valence-electron chi connectivity index (χ3n) is 4.30. The van der Waals surface area contributed by atoms with Crippen LogP contribution in [0.15, 0.2) is 0 Å². The van der Waals surface area contributed by atoms with Crippen LogP contribution in [-0.4, -0.2) is 54.0 Å². The van der Waals surface area contributed by atoms with E-state index in [0.717, 1.165) is 38.9 Å². The van der Waals surface area contributed by atoms with Crippen molar-refractivity contribution in [3.8, 4) is 0 Å². The normalized spacial score (nSPS) is 29.3. The highest BCUT2D eigenvalue weighted by Gasteiger charge is 2.34. The highest BCUT2D eigenvalue weighted by Crippen LogP contribution is 2.31. The Balaban J connectivity index is 1.81. The highest BCUT2D eigenvalue weighted by molar-refractivity contribution is 5.68. The first-order valence-corrected chi connectivity index (χ1v) is 7.73. The zero-order valence-corrected chi connectivity index (χ0v) is 12.9. The molecule has 5 nitrogen and oxygen atoms in total. The zero-order valence-electron chi connectivity index (χ0n) is 12.9. The monoisotopic (exact) mass is 284 g/mol. The lowest BCUT2D eigenvalue weighted by Crippen LogP contribution is -2.48. The Morgan fingerprint density at radius 3 is 2.45 bits per heavy atom. The van der Waals surface area contributed by atoms with Gasteiger partial charge in [0.15, 0.2) is 0 Å². The smallest absolute Gasteiger partial charge is 0.410 e. The first-order chi connectivity index (χ1) is 9.37. The van der Waals surface area contributed by atoms with Crippen molar-refractivity contribution >= 4 is 6.09 Å². The molecule has 2 aliphatic heterocycles. The molecule has 0 aromatic carbocycles. The van der Waals surface area contributed by atoms with Gasteiger partial charge < -0.3 is 20.1 Å². The van der Waals surface area contributed by atoms with Crippen LogP contribution in [-0.2, 0) is 4.74 Å². The first kappa shape index (κ1) is 15.6. The predicted molar refractivity (Wildman–Crippen MR) is 77.5 cm³/mol. The molecule has 2 N–H and O–H groups in total. The molecule has 0 aromatic heterocycles. The number of nitrogens with one attached hydrogen (secondary N) is 1. The molecule has 5 heteroatoms. The van der Waals surface area contributed by atoms with Crippen LogP contribution in [0, 0.1) is 11.8 Å². The number of ether oxygens (including phenoxy) is 1. The highest BCUT2D eigenvalue weighted by atomic mass is 16.6. The molecule has 0 bridgehead atoms. The Morgan fingerprint density at radius 1 is 1.25 bits per heavy atom. The van der Waals surface area contributed by atoms with Crippen LogP contribution in [0.4, 0.5) is 4.79 Å². The fourth-order valence-corrected chi connectivity index (χ4v) is 3.25. The van der Waals surface area contributed by atoms with Gasteiger partial charge in [0.1, 0.15) is 5.60 Å². The van der Waals surface area contributed by atoms with E-state index in [4.69, 9.17) is 4.74 Å². The molecule has 2 atom stereocenters. The average Bonchev–Trinajstić information content (AvgIpc) is 2.37. The molecule has 0 saturated carbocycles. The number of β-amino-alcohol motifs (C(OH)–C–C–N with tert-alkyl or cyclic N) is 1. The number of hydrogen-bond acceptors (Lipinski definition) is 4. The van der Waals surface area contributed by atoms with E-state index < -0.39 is 5.60 Å². The molecule has 20 heavy (non-hydrogen) atoms. The summed E-state index contributed by atoms with van der Waals surface area (Å²) in [5.74, 6) is 0.919. The number of hydrogen-bond donors (Lipinski definition) is 2. The predicted octanol–water partition coefficient (Wildman–Crippen LogP) is 1.60. The van der Waals surface area contributed by atoms with Crippen molar-refractivity contribution in [1.82, 2.24) is 10.2 Å². The summed E-state index contributed by atoms with van der Waals surface area (Å²) in [5.41, 5.74) is -0.431. The van der Waals surface area contributed by atoms with Crippen molar-refractivity contribution in [2.45, 2.75) is 51.7 Å². The van der Waals surface area contributed by atoms with E-state index in [0.29, 0.717) is 18.4 Å². The van der Waals surface area contributed by atoms with Crippen molar-refractivity contribution in [3.63, 3.8) is 0 Å². The minimum absolute atomic E-state index is 0.207. The van der Waals surface area contributed by atoms with Gasteiger partial charge >= 0.3 is 6.09 Å². The minimum Gasteiger partial charge on any atom is -0.444 e. The molecule has 116 valence electrons. The Kier molecular flexibility index (Phi) is 4.91. The summed E-state index contributed by atoms with van der Waals surface area (Å²) < 4.78 is 5.41. The molecule has 2 heterocycles. The topological polar surface area (TPSA) is 61.8 Å². The maximum absolute atomic E-state index is 12.0. The zero-order chi connectivity index (χ0) is 14.8. The van der Waals surface area contributed by atoms with Crippen LogP contribution in [0.25, 0.3) is 0 Å². The van der Waals surface area contributed by atoms with Gasteiger partial charge in [-0.3, -0.25) is 0 Å². The number of carbonyl (C=O) groups is 1. The largest absolute Gasteiger partial charge is 0.444 e. The minimum atomic E-state index is -0.431. The summed E-state index contributed by atoms with van der Waals surface area (Å²) in [6, 6.07) is 0. The SMILES string of the molecule is CC(C)(C)OC(=O)N1CCC(C2CCNCC2O)CC1. The summed E-state index contributed by atoms with van der Waals surface area (Å²) in [5, 5.41) is 13.3. The van der Waals surface area contributed by atoms with Crippen molar-refractivity contribution in [3.05, 3.63) is 0 Å². The van der Waals surface area contributed by atoms with Gasteiger partial charge in [-0.05, 0) is 58.4 Å². The van der Waals surface area contributed by atoms with E-state index in [1.165, 1.54) is 0 Å². The molecule has 0 radical (unpaired) electrons. The van der Waals surface area contributed by atoms with Crippen molar-refractivity contribution in [2.75, 3.05) is 26.2 Å². The van der Waals surface area contributed by atoms with Crippen LogP contribution in [0.1, 0.15) is 40.0 Å². The van der Waals surface area contributed by atoms with E-state index in [1.54, 1.807) is 4.90 Å². The quantitative estimate of drug-likeness (QED) is 0.768. The molecule has 2 fully saturated rings. The average molecular weight is 284 g/mol. The van der Waals surface area contributed by atoms with Gasteiger partial charge in [-0.2, -0.15) is 0 Å². The van der Waals surface area contributed by atoms with E-state index in [2.05, 4.69) is 5.32 Å². The van der Waals surface area contributed by atoms with Crippen LogP contribution >= 0.6 is 0 Å². The van der Waals surface area contributed by atoms with Crippen LogP contribution in [0.3, 0.4) is 0 Å². The van der Waals surface area contributed by atoms with Crippen molar-refractivity contribution in [1.29, 1.82) is 0 Å². The van der Waals surface area contributed by atoms with Gasteiger partial charge in [0.05, 0.1) is 6.10 Å². The van der Waals surface area contributed by atoms with E-state index in [9.17, 15) is 9.90 Å². The van der Waals surface area contributed by atoms with Crippen LogP contribution in [0.5, 0.6) is 0 Å². The Bertz CT molecular complexity index is 333. The molecule has 0 spiro atoms. The standard InChI is InChI=1S/C15H28N2O3/c1-15(2,3)20-14(19)17-8-5-11(6-9-17)12-4-7-16-10-13(12)18/h11-13,16,18H,4-10H2,1-3H3. The van der Waals surface area contributed by atoms with Crippen LogP contribution < -0.4 is 5.32 Å². The molecular formula is C15H28N2O3. The molecule has 2 aliphatic rings. The number of likely N-dealkylation sites (tertiary alicyclic amines) is 1. The fourth-order valence-electron chi connectivity index (χ4n) is 3.25. The summed E-state index contributed by atoms with van der Waals surface area (Å²) in [6.07, 6.45) is 2.55. The number of nitrogens with zero attached hydrogens (tertiary/aromatic N) is 1. The lowest BCUT2D eigenvalue weighted by molar-refractivity contribution is 0.00150. The lowest BCUT2D eigenvalue weighted by atomic mass is 9.78. The molecular weight excluding hydrogens is 256 g/mol. The van der Waals surface area contributed by atoms with Crippen molar-refractivity contribution < 1.29 is 14.6 Å². The third-order valence-corrected chi connectivity index (χ3v) is 4.30. The second kappa shape index (κ2) is 6.31. The molecule has 2 unspecified atom stereocenters. The van der Waals surface area contributed by atoms with Gasteiger partial charge in [-0.1, -0.05) is 0 Å². The van der Waals surface area contributed by atoms with E-state index in [1.807, 2.05) is 20.8 Å². The Labute approximate surface area is 121 Å². The first-order valence-electron chi connectivity index (χ1n) is 7.73. The molecule has 2 saturated heterocycles. The summed E-state index contributed by atoms with van der Waals surface area (Å²) in [4.78, 5) is 13.8. The van der Waals surface area contributed by atoms with Crippen LogP contribution in [0.2, 0.25) is 0 Å². The van der Waals surface area contributed by atoms with Gasteiger partial charge in [0.25, 0.3) is 0 Å². The second-order valence-electron chi connectivity index (χ2n) is 7.03. The number of rotatable bonds is 1.